The molecule has 2 rings (SSSR count). The highest BCUT2D eigenvalue weighted by molar-refractivity contribution is 6.37. The largest absolute Gasteiger partial charge is 0.363 e. The van der Waals surface area contributed by atoms with Crippen molar-refractivity contribution >= 4 is 35.3 Å². The zero-order valence-electron chi connectivity index (χ0n) is 24.8. The summed E-state index contributed by atoms with van der Waals surface area (Å²) >= 11 is 0. The van der Waals surface area contributed by atoms with Crippen molar-refractivity contribution in [1.82, 2.24) is 20.9 Å². The fraction of sp³-hybridized carbons (Fsp3) is 0.600. The minimum Gasteiger partial charge on any atom is -0.363 e. The van der Waals surface area contributed by atoms with E-state index in [1.54, 1.807) is 45.0 Å². The Bertz CT molecular complexity index is 1100. The van der Waals surface area contributed by atoms with Gasteiger partial charge in [0.15, 0.2) is 5.78 Å². The van der Waals surface area contributed by atoms with E-state index in [4.69, 9.17) is 5.73 Å². The molecule has 0 radical (unpaired) electrons. The molecule has 0 aliphatic carbocycles. The van der Waals surface area contributed by atoms with Gasteiger partial charge >= 0.3 is 6.03 Å². The number of rotatable bonds is 14. The molecule has 11 heteroatoms. The van der Waals surface area contributed by atoms with Crippen molar-refractivity contribution in [2.75, 3.05) is 6.54 Å². The second-order valence-electron chi connectivity index (χ2n) is 11.7. The smallest absolute Gasteiger partial charge is 0.316 e. The summed E-state index contributed by atoms with van der Waals surface area (Å²) in [6, 6.07) is 4.34. The molecule has 11 nitrogen and oxygen atoms in total. The molecule has 0 bridgehead atoms. The quantitative estimate of drug-likeness (QED) is 0.152. The molecule has 1 fully saturated rings. The lowest BCUT2D eigenvalue weighted by Gasteiger charge is -2.35. The van der Waals surface area contributed by atoms with Crippen molar-refractivity contribution in [2.24, 2.45) is 11.1 Å². The highest BCUT2D eigenvalue weighted by Gasteiger charge is 2.42. The molecule has 1 heterocycles. The first kappa shape index (κ1) is 33.4. The summed E-state index contributed by atoms with van der Waals surface area (Å²) in [5.74, 6) is -3.32. The van der Waals surface area contributed by atoms with Crippen LogP contribution in [-0.4, -0.2) is 70.9 Å². The first-order valence-electron chi connectivity index (χ1n) is 14.4. The van der Waals surface area contributed by atoms with Crippen molar-refractivity contribution in [3.8, 4) is 0 Å². The number of nitrogens with one attached hydrogen (secondary N) is 3. The molecule has 1 saturated heterocycles. The average Bonchev–Trinajstić information content (AvgIpc) is 3.42. The van der Waals surface area contributed by atoms with Gasteiger partial charge in [-0.3, -0.25) is 24.0 Å². The summed E-state index contributed by atoms with van der Waals surface area (Å²) in [6.45, 7) is 9.13. The van der Waals surface area contributed by atoms with Crippen LogP contribution < -0.4 is 21.7 Å². The molecule has 1 aromatic carbocycles. The van der Waals surface area contributed by atoms with Crippen molar-refractivity contribution in [1.29, 1.82) is 0 Å². The number of carbonyl (C=O) groups excluding carboxylic acids is 6. The topological polar surface area (TPSA) is 168 Å². The van der Waals surface area contributed by atoms with E-state index in [-0.39, 0.29) is 12.3 Å². The lowest BCUT2D eigenvalue weighted by Crippen LogP contribution is -2.60. The van der Waals surface area contributed by atoms with Crippen LogP contribution in [0.2, 0.25) is 0 Å². The predicted octanol–water partition coefficient (Wildman–Crippen LogP) is 2.47. The van der Waals surface area contributed by atoms with E-state index in [0.717, 1.165) is 25.7 Å². The van der Waals surface area contributed by atoms with Gasteiger partial charge in [-0.2, -0.15) is 0 Å². The van der Waals surface area contributed by atoms with E-state index in [2.05, 4.69) is 22.9 Å². The summed E-state index contributed by atoms with van der Waals surface area (Å²) in [5.41, 5.74) is 4.79. The van der Waals surface area contributed by atoms with Gasteiger partial charge in [-0.1, -0.05) is 83.7 Å². The average molecular weight is 572 g/mol. The summed E-state index contributed by atoms with van der Waals surface area (Å²) in [5, 5.41) is 8.03. The van der Waals surface area contributed by atoms with Gasteiger partial charge < -0.3 is 26.6 Å². The van der Waals surface area contributed by atoms with Gasteiger partial charge in [0.1, 0.15) is 12.1 Å². The zero-order valence-corrected chi connectivity index (χ0v) is 24.8. The highest BCUT2D eigenvalue weighted by Crippen LogP contribution is 2.26. The molecule has 226 valence electrons. The van der Waals surface area contributed by atoms with Crippen molar-refractivity contribution in [3.63, 3.8) is 0 Å². The number of ketones is 2. The number of benzene rings is 1. The molecule has 0 aromatic heterocycles. The summed E-state index contributed by atoms with van der Waals surface area (Å²) in [7, 11) is 0. The van der Waals surface area contributed by atoms with E-state index in [1.807, 2.05) is 6.07 Å². The molecular formula is C30H45N5O6. The van der Waals surface area contributed by atoms with E-state index < -0.39 is 59.1 Å². The molecule has 5 N–H and O–H groups in total. The molecule has 41 heavy (non-hydrogen) atoms. The van der Waals surface area contributed by atoms with Crippen LogP contribution in [0.15, 0.2) is 30.3 Å². The number of primary amides is 1. The van der Waals surface area contributed by atoms with Gasteiger partial charge in [0.25, 0.3) is 5.91 Å². The second kappa shape index (κ2) is 15.3. The Morgan fingerprint density at radius 3 is 2.22 bits per heavy atom. The fourth-order valence-corrected chi connectivity index (χ4v) is 4.88. The number of carbonyl (C=O) groups is 6. The monoisotopic (exact) mass is 571 g/mol. The van der Waals surface area contributed by atoms with Crippen LogP contribution in [-0.2, 0) is 19.2 Å². The lowest BCUT2D eigenvalue weighted by molar-refractivity contribution is -0.143. The Morgan fingerprint density at radius 2 is 1.63 bits per heavy atom. The van der Waals surface area contributed by atoms with Gasteiger partial charge in [-0.05, 0) is 31.6 Å². The number of likely N-dealkylation sites (tertiary alicyclic amines) is 1. The maximum absolute atomic E-state index is 13.8. The zero-order chi connectivity index (χ0) is 30.7. The lowest BCUT2D eigenvalue weighted by atomic mass is 9.85. The Morgan fingerprint density at radius 1 is 0.976 bits per heavy atom. The Kier molecular flexibility index (Phi) is 12.5. The molecule has 0 saturated carbocycles. The van der Waals surface area contributed by atoms with Crippen LogP contribution in [0.25, 0.3) is 0 Å². The minimum absolute atomic E-state index is 0.202. The van der Waals surface area contributed by atoms with Crippen LogP contribution in [0.5, 0.6) is 0 Å². The van der Waals surface area contributed by atoms with Crippen LogP contribution in [0.3, 0.4) is 0 Å². The van der Waals surface area contributed by atoms with Crippen molar-refractivity contribution in [2.45, 2.75) is 104 Å². The maximum Gasteiger partial charge on any atom is 0.316 e. The third-order valence-corrected chi connectivity index (χ3v) is 7.25. The van der Waals surface area contributed by atoms with Crippen LogP contribution >= 0.6 is 0 Å². The van der Waals surface area contributed by atoms with Gasteiger partial charge in [0.05, 0.1) is 12.1 Å². The van der Waals surface area contributed by atoms with Gasteiger partial charge in [-0.15, -0.1) is 0 Å². The highest BCUT2D eigenvalue weighted by atomic mass is 16.2. The number of unbranched alkanes of at least 4 members (excludes halogenated alkanes) is 3. The minimum atomic E-state index is -1.16. The standard InChI is InChI=1S/C30H45N5O6/c1-6-7-8-12-16-21(24(37)20-14-10-9-11-15-20)33-29(41)34-25(30(3,4)5)28(40)35-18-13-17-22(35)27(39)32-19(2)23(36)26(31)38/h9-11,14-15,19,21-22,25H,6-8,12-13,16-18H2,1-5H3,(H2,31,38)(H,32,39)(H2,33,34,41)/t19?,21?,22-,25?/m0/s1. The van der Waals surface area contributed by atoms with Crippen LogP contribution in [0.4, 0.5) is 4.79 Å². The van der Waals surface area contributed by atoms with E-state index >= 15 is 0 Å². The Hall–Kier alpha value is -3.76. The first-order chi connectivity index (χ1) is 19.3. The molecule has 5 amide bonds. The Labute approximate surface area is 242 Å². The fourth-order valence-electron chi connectivity index (χ4n) is 4.88. The summed E-state index contributed by atoms with van der Waals surface area (Å²) in [4.78, 5) is 77.6. The first-order valence-corrected chi connectivity index (χ1v) is 14.4. The number of hydrogen-bond donors (Lipinski definition) is 4. The molecule has 1 aliphatic heterocycles. The Balaban J connectivity index is 2.17. The molecule has 1 aliphatic rings. The van der Waals surface area contributed by atoms with Crippen molar-refractivity contribution < 1.29 is 28.8 Å². The molecular weight excluding hydrogens is 526 g/mol. The van der Waals surface area contributed by atoms with E-state index in [9.17, 15) is 28.8 Å². The summed E-state index contributed by atoms with van der Waals surface area (Å²) < 4.78 is 0. The number of hydrogen-bond acceptors (Lipinski definition) is 6. The third-order valence-electron chi connectivity index (χ3n) is 7.25. The number of urea groups is 1. The molecule has 0 spiro atoms. The number of amides is 5. The molecule has 3 unspecified atom stereocenters. The van der Waals surface area contributed by atoms with Crippen LogP contribution in [0, 0.1) is 5.41 Å². The van der Waals surface area contributed by atoms with Gasteiger partial charge in [0, 0.05) is 12.1 Å². The second-order valence-corrected chi connectivity index (χ2v) is 11.7. The maximum atomic E-state index is 13.8. The van der Waals surface area contributed by atoms with Gasteiger partial charge in [-0.25, -0.2) is 4.79 Å². The third kappa shape index (κ3) is 9.68. The van der Waals surface area contributed by atoms with E-state index in [1.165, 1.54) is 11.8 Å². The molecule has 4 atom stereocenters. The van der Waals surface area contributed by atoms with E-state index in [0.29, 0.717) is 24.8 Å². The van der Waals surface area contributed by atoms with Gasteiger partial charge in [0.2, 0.25) is 17.6 Å². The number of Topliss-reactive ketones (excluding diaryl/α,β-unsaturated/α-hetero) is 2. The number of nitrogens with zero attached hydrogens (tertiary/aromatic N) is 1. The number of nitrogens with two attached hydrogens (primary N) is 1. The van der Waals surface area contributed by atoms with Crippen molar-refractivity contribution in [3.05, 3.63) is 35.9 Å². The SMILES string of the molecule is CCCCCCC(NC(=O)NC(C(=O)N1CCC[C@H]1C(=O)NC(C)C(=O)C(N)=O)C(C)(C)C)C(=O)c1ccccc1. The normalized spacial score (nSPS) is 17.2. The predicted molar refractivity (Wildman–Crippen MR) is 155 cm³/mol. The van der Waals surface area contributed by atoms with Crippen LogP contribution in [0.1, 0.15) is 89.9 Å². The molecule has 1 aromatic rings. The summed E-state index contributed by atoms with van der Waals surface area (Å²) in [6.07, 6.45) is 5.14.